The molecule has 60 heavy (non-hydrogen) atoms. The number of aliphatic hydroxyl groups is 1. The second-order valence-corrected chi connectivity index (χ2v) is 18.3. The van der Waals surface area contributed by atoms with Crippen LogP contribution >= 0.6 is 0 Å². The van der Waals surface area contributed by atoms with Crippen molar-refractivity contribution in [2.24, 2.45) is 22.7 Å². The van der Waals surface area contributed by atoms with Crippen LogP contribution in [0.2, 0.25) is 0 Å². The van der Waals surface area contributed by atoms with Crippen molar-refractivity contribution in [1.82, 2.24) is 19.7 Å². The number of hydrogen-bond donors (Lipinski definition) is 2. The van der Waals surface area contributed by atoms with Crippen molar-refractivity contribution in [1.29, 1.82) is 0 Å². The largest absolute Gasteiger partial charge is 0.468 e. The minimum absolute atomic E-state index is 0.0386. The number of rotatable bonds is 9. The van der Waals surface area contributed by atoms with E-state index < -0.39 is 58.0 Å². The smallest absolute Gasteiger partial charge is 0.344 e. The van der Waals surface area contributed by atoms with Crippen molar-refractivity contribution in [3.63, 3.8) is 0 Å². The average molecular weight is 825 g/mol. The summed E-state index contributed by atoms with van der Waals surface area (Å²) in [4.78, 5) is 53.5. The highest BCUT2D eigenvalue weighted by Crippen LogP contribution is 2.70. The summed E-state index contributed by atoms with van der Waals surface area (Å²) in [6.07, 6.45) is 11.5. The summed E-state index contributed by atoms with van der Waals surface area (Å²) < 4.78 is 29.7. The van der Waals surface area contributed by atoms with Crippen molar-refractivity contribution in [3.05, 3.63) is 82.2 Å². The number of nitrogens with one attached hydrogen (secondary N) is 1. The van der Waals surface area contributed by atoms with Crippen LogP contribution in [-0.2, 0) is 56.6 Å². The molecule has 1 spiro atoms. The number of carbonyl (C=O) groups excluding carboxylic acids is 3. The van der Waals surface area contributed by atoms with Crippen LogP contribution in [0, 0.1) is 22.7 Å². The number of fused-ring (bicyclic) bond motifs is 6. The molecule has 1 aromatic heterocycles. The molecule has 11 atom stereocenters. The molecule has 3 unspecified atom stereocenters. The molecule has 3 fully saturated rings. The Bertz CT molecular complexity index is 2240. The number of ether oxygens (including phenoxy) is 5. The van der Waals surface area contributed by atoms with Gasteiger partial charge in [0.25, 0.3) is 0 Å². The Labute approximate surface area is 352 Å². The number of carbonyl (C=O) groups is 3. The van der Waals surface area contributed by atoms with Gasteiger partial charge >= 0.3 is 17.9 Å². The van der Waals surface area contributed by atoms with Gasteiger partial charge in [-0.2, -0.15) is 0 Å². The molecule has 1 aromatic carbocycles. The van der Waals surface area contributed by atoms with Gasteiger partial charge in [-0.25, -0.2) is 4.79 Å². The molecular weight excluding hydrogens is 765 g/mol. The first-order chi connectivity index (χ1) is 28.8. The first kappa shape index (κ1) is 41.1. The predicted octanol–water partition coefficient (Wildman–Crippen LogP) is 4.54. The van der Waals surface area contributed by atoms with Crippen molar-refractivity contribution in [2.75, 3.05) is 61.7 Å². The van der Waals surface area contributed by atoms with Gasteiger partial charge < -0.3 is 38.7 Å². The van der Waals surface area contributed by atoms with Gasteiger partial charge in [-0.3, -0.25) is 19.4 Å². The molecule has 9 rings (SSSR count). The lowest BCUT2D eigenvalue weighted by molar-refractivity contribution is -0.243. The van der Waals surface area contributed by atoms with Crippen LogP contribution in [0.5, 0.6) is 0 Å². The quantitative estimate of drug-likeness (QED) is 0.208. The van der Waals surface area contributed by atoms with Crippen molar-refractivity contribution < 1.29 is 43.2 Å². The van der Waals surface area contributed by atoms with Gasteiger partial charge in [-0.05, 0) is 73.1 Å². The summed E-state index contributed by atoms with van der Waals surface area (Å²) in [7, 11) is 8.02. The molecule has 6 heterocycles. The summed E-state index contributed by atoms with van der Waals surface area (Å²) in [6.45, 7) is 9.65. The Morgan fingerprint density at radius 1 is 1.00 bits per heavy atom. The number of H-pyrrole nitrogens is 1. The molecular formula is C47H60N4O9. The number of aromatic amines is 1. The second kappa shape index (κ2) is 14.7. The molecule has 322 valence electrons. The zero-order chi connectivity index (χ0) is 42.5. The highest BCUT2D eigenvalue weighted by atomic mass is 16.6. The van der Waals surface area contributed by atoms with Gasteiger partial charge in [0, 0.05) is 99.5 Å². The SMILES string of the molecule is CCC1=C[C@H]2CN(C1)Cc1c([nH]c3ccc(COC)cc13)[C@@](C(=O)OC)(C1C=C3C(=CC1OC)N(C)[C@H]1[C@@](O)(C(=O)OC)[C@H](OC(C)=O)[C@]4(CC)C=CCN5CC[C@]31[C@@H]54)C2. The van der Waals surface area contributed by atoms with E-state index in [-0.39, 0.29) is 17.9 Å². The Morgan fingerprint density at radius 2 is 1.78 bits per heavy atom. The normalized spacial score (nSPS) is 37.7. The van der Waals surface area contributed by atoms with Crippen LogP contribution in [0.15, 0.2) is 65.4 Å². The molecule has 2 saturated heterocycles. The highest BCUT2D eigenvalue weighted by Gasteiger charge is 2.81. The number of allylic oxidation sites excluding steroid dienone is 1. The number of aromatic nitrogens is 1. The molecule has 0 radical (unpaired) electrons. The van der Waals surface area contributed by atoms with Crippen LogP contribution in [0.25, 0.3) is 10.9 Å². The van der Waals surface area contributed by atoms with E-state index >= 15 is 4.79 Å². The summed E-state index contributed by atoms with van der Waals surface area (Å²) in [5.74, 6) is -2.32. The Balaban J connectivity index is 1.33. The highest BCUT2D eigenvalue weighted by molar-refractivity contribution is 5.92. The molecule has 13 nitrogen and oxygen atoms in total. The molecule has 5 aliphatic heterocycles. The van der Waals surface area contributed by atoms with E-state index in [2.05, 4.69) is 70.3 Å². The first-order valence-corrected chi connectivity index (χ1v) is 21.6. The Hall–Kier alpha value is -4.27. The first-order valence-electron chi connectivity index (χ1n) is 21.6. The van der Waals surface area contributed by atoms with Crippen LogP contribution < -0.4 is 0 Å². The van der Waals surface area contributed by atoms with E-state index in [0.717, 1.165) is 58.5 Å². The monoisotopic (exact) mass is 824 g/mol. The van der Waals surface area contributed by atoms with E-state index in [4.69, 9.17) is 23.7 Å². The number of esters is 3. The molecule has 2 bridgehead atoms. The van der Waals surface area contributed by atoms with E-state index in [1.807, 2.05) is 18.9 Å². The van der Waals surface area contributed by atoms with Crippen molar-refractivity contribution in [2.45, 2.75) is 94.9 Å². The predicted molar refractivity (Wildman–Crippen MR) is 223 cm³/mol. The topological polar surface area (TPSA) is 143 Å². The standard InChI is InChI=1S/C47H60N4O9/c1-9-28-18-30-22-46(42(53)58-7,38-32(25-50(23-28)24-30)31-19-29(26-56-5)12-13-35(31)48-38)34-20-33-36(21-37(34)57-6)49(4)40-45(33)15-17-51-16-11-14-44(10-2,39(45)51)41(60-27(3)52)47(40,55)43(54)59-8/h11-14,18-21,30,34,37,39-41,48,55H,9-10,15-17,22-26H2,1-8H3/t30-,34?,37?,39+,40-,41-,44-,45-,46+,47+/m1/s1. The van der Waals surface area contributed by atoms with Crippen LogP contribution in [0.4, 0.5) is 0 Å². The van der Waals surface area contributed by atoms with Gasteiger partial charge in [0.1, 0.15) is 5.41 Å². The maximum absolute atomic E-state index is 15.4. The third kappa shape index (κ3) is 5.37. The van der Waals surface area contributed by atoms with E-state index in [9.17, 15) is 14.7 Å². The maximum Gasteiger partial charge on any atom is 0.344 e. The summed E-state index contributed by atoms with van der Waals surface area (Å²) >= 11 is 0. The third-order valence-corrected chi connectivity index (χ3v) is 15.6. The second-order valence-electron chi connectivity index (χ2n) is 18.3. The summed E-state index contributed by atoms with van der Waals surface area (Å²) in [6, 6.07) is 5.17. The Morgan fingerprint density at radius 3 is 2.47 bits per heavy atom. The fourth-order valence-electron chi connectivity index (χ4n) is 13.6. The van der Waals surface area contributed by atoms with Crippen LogP contribution in [0.1, 0.15) is 63.3 Å². The Kier molecular flexibility index (Phi) is 10.1. The average Bonchev–Trinajstić information content (AvgIpc) is 3.89. The zero-order valence-corrected chi connectivity index (χ0v) is 36.2. The van der Waals surface area contributed by atoms with E-state index in [0.29, 0.717) is 45.5 Å². The van der Waals surface area contributed by atoms with Crippen LogP contribution in [0.3, 0.4) is 0 Å². The molecule has 2 aromatic rings. The van der Waals surface area contributed by atoms with Crippen molar-refractivity contribution >= 4 is 28.8 Å². The number of nitrogens with zero attached hydrogens (tertiary/aromatic N) is 3. The lowest BCUT2D eigenvalue weighted by Gasteiger charge is -2.63. The van der Waals surface area contributed by atoms with E-state index in [1.54, 1.807) is 14.2 Å². The number of likely N-dealkylation sites (tertiary alicyclic amines) is 1. The lowest BCUT2D eigenvalue weighted by Crippen LogP contribution is -2.79. The number of methoxy groups -OCH3 is 4. The van der Waals surface area contributed by atoms with Gasteiger partial charge in [0.05, 0.1) is 33.0 Å². The lowest BCUT2D eigenvalue weighted by atomic mass is 9.47. The van der Waals surface area contributed by atoms with Crippen molar-refractivity contribution in [3.8, 4) is 0 Å². The molecule has 2 N–H and O–H groups in total. The molecule has 1 saturated carbocycles. The number of benzene rings is 1. The molecule has 13 heteroatoms. The van der Waals surface area contributed by atoms with Gasteiger partial charge in [0.15, 0.2) is 6.10 Å². The minimum atomic E-state index is -2.27. The molecule has 0 amide bonds. The van der Waals surface area contributed by atoms with Gasteiger partial charge in [-0.15, -0.1) is 0 Å². The summed E-state index contributed by atoms with van der Waals surface area (Å²) in [5.41, 5.74) is 1.64. The molecule has 2 aliphatic carbocycles. The van der Waals surface area contributed by atoms with Gasteiger partial charge in [0.2, 0.25) is 5.60 Å². The summed E-state index contributed by atoms with van der Waals surface area (Å²) in [5, 5.41) is 14.4. The molecule has 7 aliphatic rings. The number of likely N-dealkylation sites (N-methyl/N-ethyl adjacent to an activating group) is 1. The fourth-order valence-corrected chi connectivity index (χ4v) is 13.6. The zero-order valence-electron chi connectivity index (χ0n) is 36.2. The van der Waals surface area contributed by atoms with E-state index in [1.165, 1.54) is 26.7 Å². The minimum Gasteiger partial charge on any atom is -0.468 e. The number of hydrogen-bond acceptors (Lipinski definition) is 12. The maximum atomic E-state index is 15.4. The van der Waals surface area contributed by atoms with Gasteiger partial charge in [-0.1, -0.05) is 49.8 Å². The third-order valence-electron chi connectivity index (χ3n) is 15.6. The fraction of sp³-hybridized carbons (Fsp3) is 0.596. The van der Waals surface area contributed by atoms with Crippen LogP contribution in [-0.4, -0.2) is 134 Å².